The highest BCUT2D eigenvalue weighted by atomic mass is 35.5. The fourth-order valence-electron chi connectivity index (χ4n) is 5.47. The predicted molar refractivity (Wildman–Crippen MR) is 149 cm³/mol. The summed E-state index contributed by atoms with van der Waals surface area (Å²) in [5.74, 6) is 0.667. The second-order valence-corrected chi connectivity index (χ2v) is 9.96. The van der Waals surface area contributed by atoms with Gasteiger partial charge in [0, 0.05) is 32.1 Å². The average molecular weight is 529 g/mol. The second-order valence-electron chi connectivity index (χ2n) is 9.96. The first-order valence-corrected chi connectivity index (χ1v) is 13.1. The van der Waals surface area contributed by atoms with E-state index in [9.17, 15) is 4.79 Å². The Morgan fingerprint density at radius 1 is 1.00 bits per heavy atom. The summed E-state index contributed by atoms with van der Waals surface area (Å²) in [4.78, 5) is 14.0. The van der Waals surface area contributed by atoms with Crippen LogP contribution in [0.15, 0.2) is 60.7 Å². The van der Waals surface area contributed by atoms with E-state index in [-0.39, 0.29) is 36.1 Å². The lowest BCUT2D eigenvalue weighted by molar-refractivity contribution is -0.160. The standard InChI is InChI=1S/C28H40N6O2.ClH/c29-26(24-13-11-21(12-14-24)19-32-28(30)31)27(35)34(33-15-17-36-18-16-33)20-25(22-7-3-1-4-8-22)23-9-5-2-6-10-23;/h1-10,21,24-26H,11-20,29H2,(H4,30,31,32);1H. The summed E-state index contributed by atoms with van der Waals surface area (Å²) in [6, 6.07) is 20.3. The highest BCUT2D eigenvalue weighted by Gasteiger charge is 2.36. The monoisotopic (exact) mass is 528 g/mol. The fourth-order valence-corrected chi connectivity index (χ4v) is 5.47. The SMILES string of the molecule is Cl.N=C(N)NCC1CCC(C(N)C(=O)N(CC(c2ccccc2)c2ccccc2)N2CCOCC2)CC1. The van der Waals surface area contributed by atoms with Gasteiger partial charge in [-0.25, -0.2) is 5.01 Å². The van der Waals surface area contributed by atoms with Crippen LogP contribution in [0.3, 0.4) is 0 Å². The van der Waals surface area contributed by atoms with Crippen molar-refractivity contribution in [3.05, 3.63) is 71.8 Å². The van der Waals surface area contributed by atoms with Crippen LogP contribution in [0.1, 0.15) is 42.7 Å². The first-order chi connectivity index (χ1) is 17.5. The molecular formula is C28H41ClN6O2. The van der Waals surface area contributed by atoms with E-state index in [2.05, 4.69) is 58.9 Å². The molecule has 9 heteroatoms. The van der Waals surface area contributed by atoms with Crippen LogP contribution in [0, 0.1) is 17.2 Å². The maximum atomic E-state index is 14.0. The third-order valence-corrected chi connectivity index (χ3v) is 7.61. The number of benzene rings is 2. The van der Waals surface area contributed by atoms with Gasteiger partial charge in [0.2, 0.25) is 0 Å². The van der Waals surface area contributed by atoms with Crippen molar-refractivity contribution in [2.75, 3.05) is 39.4 Å². The van der Waals surface area contributed by atoms with E-state index in [4.69, 9.17) is 21.6 Å². The van der Waals surface area contributed by atoms with Gasteiger partial charge in [0.1, 0.15) is 0 Å². The molecule has 1 aliphatic carbocycles. The van der Waals surface area contributed by atoms with E-state index >= 15 is 0 Å². The molecule has 2 aromatic rings. The van der Waals surface area contributed by atoms with E-state index in [0.717, 1.165) is 25.7 Å². The molecule has 1 atom stereocenters. The Hall–Kier alpha value is -2.65. The van der Waals surface area contributed by atoms with E-state index in [1.807, 2.05) is 17.1 Å². The first-order valence-electron chi connectivity index (χ1n) is 13.1. The lowest BCUT2D eigenvalue weighted by Crippen LogP contribution is -2.58. The van der Waals surface area contributed by atoms with Gasteiger partial charge in [0.15, 0.2) is 5.96 Å². The Morgan fingerprint density at radius 3 is 2.05 bits per heavy atom. The topological polar surface area (TPSA) is 121 Å². The molecule has 1 unspecified atom stereocenters. The minimum Gasteiger partial charge on any atom is -0.379 e. The van der Waals surface area contributed by atoms with E-state index in [1.54, 1.807) is 0 Å². The van der Waals surface area contributed by atoms with Gasteiger partial charge < -0.3 is 21.5 Å². The number of carbonyl (C=O) groups is 1. The molecule has 1 amide bonds. The molecule has 1 aliphatic heterocycles. The number of hydrogen-bond donors (Lipinski definition) is 4. The third kappa shape index (κ3) is 7.92. The number of guanidine groups is 1. The Morgan fingerprint density at radius 2 is 1.54 bits per heavy atom. The Kier molecular flexibility index (Phi) is 11.2. The van der Waals surface area contributed by atoms with Crippen LogP contribution in [-0.4, -0.2) is 67.3 Å². The number of carbonyl (C=O) groups excluding carboxylic acids is 1. The summed E-state index contributed by atoms with van der Waals surface area (Å²) in [6.07, 6.45) is 3.80. The average Bonchev–Trinajstić information content (AvgIpc) is 2.93. The lowest BCUT2D eigenvalue weighted by atomic mass is 9.78. The van der Waals surface area contributed by atoms with Gasteiger partial charge >= 0.3 is 0 Å². The van der Waals surface area contributed by atoms with Gasteiger partial charge in [-0.3, -0.25) is 15.2 Å². The quantitative estimate of drug-likeness (QED) is 0.293. The molecule has 1 heterocycles. The molecule has 6 N–H and O–H groups in total. The highest BCUT2D eigenvalue weighted by Crippen LogP contribution is 2.32. The van der Waals surface area contributed by atoms with E-state index in [0.29, 0.717) is 45.3 Å². The van der Waals surface area contributed by atoms with Gasteiger partial charge in [-0.1, -0.05) is 60.7 Å². The maximum absolute atomic E-state index is 14.0. The summed E-state index contributed by atoms with van der Waals surface area (Å²) >= 11 is 0. The molecule has 8 nitrogen and oxygen atoms in total. The number of amides is 1. The second kappa shape index (κ2) is 14.3. The van der Waals surface area contributed by atoms with Crippen molar-refractivity contribution in [2.24, 2.45) is 23.3 Å². The van der Waals surface area contributed by atoms with Crippen LogP contribution in [0.5, 0.6) is 0 Å². The minimum atomic E-state index is -0.540. The summed E-state index contributed by atoms with van der Waals surface area (Å²) in [5.41, 5.74) is 14.5. The van der Waals surface area contributed by atoms with Gasteiger partial charge in [-0.15, -0.1) is 12.4 Å². The van der Waals surface area contributed by atoms with Crippen molar-refractivity contribution in [2.45, 2.75) is 37.6 Å². The number of ether oxygens (including phenoxy) is 1. The predicted octanol–water partition coefficient (Wildman–Crippen LogP) is 2.93. The normalized spacial score (nSPS) is 21.0. The lowest BCUT2D eigenvalue weighted by Gasteiger charge is -2.42. The molecule has 37 heavy (non-hydrogen) atoms. The first kappa shape index (κ1) is 28.9. The molecule has 0 radical (unpaired) electrons. The van der Waals surface area contributed by atoms with Crippen LogP contribution in [-0.2, 0) is 9.53 Å². The Balaban J connectivity index is 0.00000380. The summed E-state index contributed by atoms with van der Waals surface area (Å²) in [5, 5.41) is 14.4. The Bertz CT molecular complexity index is 926. The van der Waals surface area contributed by atoms with E-state index < -0.39 is 6.04 Å². The summed E-state index contributed by atoms with van der Waals surface area (Å²) in [7, 11) is 0. The molecule has 1 saturated carbocycles. The van der Waals surface area contributed by atoms with Crippen LogP contribution < -0.4 is 16.8 Å². The maximum Gasteiger partial charge on any atom is 0.254 e. The molecular weight excluding hydrogens is 488 g/mol. The zero-order valence-electron chi connectivity index (χ0n) is 21.4. The zero-order valence-corrected chi connectivity index (χ0v) is 22.2. The van der Waals surface area contributed by atoms with Crippen molar-refractivity contribution in [3.63, 3.8) is 0 Å². The third-order valence-electron chi connectivity index (χ3n) is 7.61. The molecule has 2 fully saturated rings. The van der Waals surface area contributed by atoms with Crippen molar-refractivity contribution in [1.29, 1.82) is 5.41 Å². The fraction of sp³-hybridized carbons (Fsp3) is 0.500. The molecule has 202 valence electrons. The van der Waals surface area contributed by atoms with Crippen molar-refractivity contribution in [3.8, 4) is 0 Å². The number of morpholine rings is 1. The molecule has 1 saturated heterocycles. The largest absolute Gasteiger partial charge is 0.379 e. The zero-order chi connectivity index (χ0) is 25.3. The van der Waals surface area contributed by atoms with Crippen molar-refractivity contribution in [1.82, 2.24) is 15.3 Å². The number of nitrogens with zero attached hydrogens (tertiary/aromatic N) is 2. The molecule has 0 bridgehead atoms. The molecule has 2 aliphatic rings. The van der Waals surface area contributed by atoms with Gasteiger partial charge in [0.25, 0.3) is 5.91 Å². The van der Waals surface area contributed by atoms with Crippen LogP contribution in [0.4, 0.5) is 0 Å². The van der Waals surface area contributed by atoms with Crippen LogP contribution in [0.2, 0.25) is 0 Å². The van der Waals surface area contributed by atoms with Gasteiger partial charge in [0.05, 0.1) is 19.3 Å². The van der Waals surface area contributed by atoms with Crippen LogP contribution >= 0.6 is 12.4 Å². The van der Waals surface area contributed by atoms with Crippen molar-refractivity contribution < 1.29 is 9.53 Å². The number of hydrogen-bond acceptors (Lipinski definition) is 5. The number of hydrazine groups is 1. The van der Waals surface area contributed by atoms with E-state index in [1.165, 1.54) is 11.1 Å². The summed E-state index contributed by atoms with van der Waals surface area (Å²) < 4.78 is 5.59. The summed E-state index contributed by atoms with van der Waals surface area (Å²) in [6.45, 7) is 3.82. The van der Waals surface area contributed by atoms with Crippen molar-refractivity contribution >= 4 is 24.3 Å². The number of halogens is 1. The van der Waals surface area contributed by atoms with Gasteiger partial charge in [-0.2, -0.15) is 0 Å². The molecule has 0 spiro atoms. The molecule has 0 aromatic heterocycles. The number of rotatable bonds is 9. The van der Waals surface area contributed by atoms with Gasteiger partial charge in [-0.05, 0) is 48.6 Å². The van der Waals surface area contributed by atoms with Crippen LogP contribution in [0.25, 0.3) is 0 Å². The number of nitrogens with one attached hydrogen (secondary N) is 2. The highest BCUT2D eigenvalue weighted by molar-refractivity contribution is 5.85. The minimum absolute atomic E-state index is 0. The molecule has 2 aromatic carbocycles. The molecule has 4 rings (SSSR count). The smallest absolute Gasteiger partial charge is 0.254 e. The number of nitrogens with two attached hydrogens (primary N) is 2. The Labute approximate surface area is 226 Å².